The molecular weight excluding hydrogens is 310 g/mol. The van der Waals surface area contributed by atoms with Crippen LogP contribution >= 0.6 is 0 Å². The molecule has 0 radical (unpaired) electrons. The van der Waals surface area contributed by atoms with Gasteiger partial charge in [-0.2, -0.15) is 10.1 Å². The predicted molar refractivity (Wildman–Crippen MR) is 75.8 cm³/mol. The zero-order chi connectivity index (χ0) is 16.8. The maximum atomic E-state index is 11.6. The second-order valence-corrected chi connectivity index (χ2v) is 4.70. The molecular formula is C13H15N3O7. The van der Waals surface area contributed by atoms with E-state index in [0.717, 1.165) is 5.01 Å². The fraction of sp³-hybridized carbons (Fsp3) is 0.462. The zero-order valence-corrected chi connectivity index (χ0v) is 12.3. The van der Waals surface area contributed by atoms with E-state index >= 15 is 0 Å². The van der Waals surface area contributed by atoms with Gasteiger partial charge in [-0.25, -0.2) is 4.79 Å². The van der Waals surface area contributed by atoms with Crippen molar-refractivity contribution < 1.29 is 28.4 Å². The average molecular weight is 325 g/mol. The summed E-state index contributed by atoms with van der Waals surface area (Å²) >= 11 is 0. The summed E-state index contributed by atoms with van der Waals surface area (Å²) in [5.41, 5.74) is 0. The van der Waals surface area contributed by atoms with E-state index in [1.807, 2.05) is 6.92 Å². The minimum absolute atomic E-state index is 0.0389. The lowest BCUT2D eigenvalue weighted by atomic mass is 10.3. The van der Waals surface area contributed by atoms with Gasteiger partial charge in [-0.1, -0.05) is 6.92 Å². The van der Waals surface area contributed by atoms with Crippen molar-refractivity contribution in [3.63, 3.8) is 0 Å². The minimum atomic E-state index is -0.696. The van der Waals surface area contributed by atoms with E-state index in [4.69, 9.17) is 13.9 Å². The average Bonchev–Trinajstić information content (AvgIpc) is 3.10. The first-order valence-electron chi connectivity index (χ1n) is 6.91. The van der Waals surface area contributed by atoms with E-state index in [1.165, 1.54) is 18.3 Å². The number of carbonyl (C=O) groups excluding carboxylic acids is 2. The summed E-state index contributed by atoms with van der Waals surface area (Å²) in [6.45, 7) is 1.92. The second kappa shape index (κ2) is 7.38. The Morgan fingerprint density at radius 2 is 2.39 bits per heavy atom. The van der Waals surface area contributed by atoms with Gasteiger partial charge in [0.1, 0.15) is 11.5 Å². The monoisotopic (exact) mass is 325 g/mol. The van der Waals surface area contributed by atoms with Crippen molar-refractivity contribution in [2.24, 2.45) is 5.10 Å². The third-order valence-corrected chi connectivity index (χ3v) is 2.86. The summed E-state index contributed by atoms with van der Waals surface area (Å²) in [6.07, 6.45) is 0.847. The molecule has 10 heteroatoms. The Morgan fingerprint density at radius 3 is 3.04 bits per heavy atom. The molecule has 2 rings (SSSR count). The van der Waals surface area contributed by atoms with Crippen LogP contribution in [0.3, 0.4) is 0 Å². The van der Waals surface area contributed by atoms with Crippen LogP contribution in [-0.2, 0) is 14.3 Å². The van der Waals surface area contributed by atoms with Crippen molar-refractivity contribution >= 4 is 24.2 Å². The molecule has 1 saturated heterocycles. The standard InChI is InChI=1S/C13H15N3O7/c1-2-3-12(17)21-8-10-7-15(13(18)23-10)14-6-9-4-5-11(22-9)16(19)20/h4-6,10H,2-3,7-8H2,1H3. The van der Waals surface area contributed by atoms with E-state index in [9.17, 15) is 19.7 Å². The second-order valence-electron chi connectivity index (χ2n) is 4.70. The number of furan rings is 1. The molecule has 0 N–H and O–H groups in total. The molecule has 0 bridgehead atoms. The molecule has 1 fully saturated rings. The van der Waals surface area contributed by atoms with E-state index in [-0.39, 0.29) is 24.9 Å². The Labute approximate surface area is 130 Å². The zero-order valence-electron chi connectivity index (χ0n) is 12.3. The number of hydrogen-bond acceptors (Lipinski definition) is 8. The number of amides is 1. The molecule has 1 unspecified atom stereocenters. The number of hydrogen-bond donors (Lipinski definition) is 0. The molecule has 0 saturated carbocycles. The van der Waals surface area contributed by atoms with Gasteiger partial charge in [0.05, 0.1) is 18.8 Å². The predicted octanol–water partition coefficient (Wildman–Crippen LogP) is 1.69. The first-order chi connectivity index (χ1) is 11.0. The molecule has 23 heavy (non-hydrogen) atoms. The number of ether oxygens (including phenoxy) is 2. The Balaban J connectivity index is 1.86. The molecule has 2 heterocycles. The van der Waals surface area contributed by atoms with Gasteiger partial charge in [0.25, 0.3) is 0 Å². The number of nitrogens with zero attached hydrogens (tertiary/aromatic N) is 3. The van der Waals surface area contributed by atoms with Crippen LogP contribution in [0.4, 0.5) is 10.7 Å². The summed E-state index contributed by atoms with van der Waals surface area (Å²) in [6, 6.07) is 2.53. The molecule has 1 aromatic rings. The molecule has 0 aliphatic carbocycles. The molecule has 0 spiro atoms. The van der Waals surface area contributed by atoms with Crippen molar-refractivity contribution in [1.29, 1.82) is 0 Å². The van der Waals surface area contributed by atoms with E-state index < -0.39 is 23.0 Å². The minimum Gasteiger partial charge on any atom is -0.462 e. The van der Waals surface area contributed by atoms with Crippen LogP contribution in [-0.4, -0.2) is 47.5 Å². The van der Waals surface area contributed by atoms with Gasteiger partial charge in [-0.3, -0.25) is 14.9 Å². The van der Waals surface area contributed by atoms with Crippen LogP contribution in [0.5, 0.6) is 0 Å². The number of nitro groups is 1. The van der Waals surface area contributed by atoms with Crippen molar-refractivity contribution in [2.75, 3.05) is 13.2 Å². The van der Waals surface area contributed by atoms with Crippen molar-refractivity contribution in [1.82, 2.24) is 5.01 Å². The maximum Gasteiger partial charge on any atom is 0.433 e. The van der Waals surface area contributed by atoms with Gasteiger partial charge < -0.3 is 13.9 Å². The highest BCUT2D eigenvalue weighted by Crippen LogP contribution is 2.16. The van der Waals surface area contributed by atoms with Gasteiger partial charge in [0.2, 0.25) is 0 Å². The summed E-state index contributed by atoms with van der Waals surface area (Å²) in [5.74, 6) is -0.646. The third kappa shape index (κ3) is 4.53. The van der Waals surface area contributed by atoms with Crippen LogP contribution in [0, 0.1) is 10.1 Å². The molecule has 1 aromatic heterocycles. The number of rotatable bonds is 7. The van der Waals surface area contributed by atoms with Gasteiger partial charge in [0, 0.05) is 6.42 Å². The van der Waals surface area contributed by atoms with Gasteiger partial charge in [-0.15, -0.1) is 0 Å². The van der Waals surface area contributed by atoms with E-state index in [2.05, 4.69) is 5.10 Å². The maximum absolute atomic E-state index is 11.6. The normalized spacial score (nSPS) is 17.5. The van der Waals surface area contributed by atoms with Gasteiger partial charge in [0.15, 0.2) is 11.9 Å². The SMILES string of the molecule is CCCC(=O)OCC1CN(N=Cc2ccc([N+](=O)[O-])o2)C(=O)O1. The largest absolute Gasteiger partial charge is 0.462 e. The highest BCUT2D eigenvalue weighted by Gasteiger charge is 2.32. The molecule has 1 aliphatic rings. The van der Waals surface area contributed by atoms with Crippen molar-refractivity contribution in [2.45, 2.75) is 25.9 Å². The highest BCUT2D eigenvalue weighted by atomic mass is 16.6. The fourth-order valence-electron chi connectivity index (χ4n) is 1.79. The Kier molecular flexibility index (Phi) is 5.28. The fourth-order valence-corrected chi connectivity index (χ4v) is 1.79. The van der Waals surface area contributed by atoms with Crippen molar-refractivity contribution in [3.8, 4) is 0 Å². The molecule has 124 valence electrons. The first kappa shape index (κ1) is 16.5. The number of hydrazone groups is 1. The summed E-state index contributed by atoms with van der Waals surface area (Å²) in [7, 11) is 0. The van der Waals surface area contributed by atoms with Crippen molar-refractivity contribution in [3.05, 3.63) is 28.0 Å². The van der Waals surface area contributed by atoms with E-state index in [0.29, 0.717) is 12.8 Å². The Morgan fingerprint density at radius 1 is 1.61 bits per heavy atom. The van der Waals surface area contributed by atoms with Crippen LogP contribution in [0.25, 0.3) is 0 Å². The third-order valence-electron chi connectivity index (χ3n) is 2.86. The summed E-state index contributed by atoms with van der Waals surface area (Å²) < 4.78 is 14.8. The smallest absolute Gasteiger partial charge is 0.433 e. The summed E-state index contributed by atoms with van der Waals surface area (Å²) in [5, 5.41) is 15.3. The van der Waals surface area contributed by atoms with Crippen LogP contribution in [0.1, 0.15) is 25.5 Å². The molecule has 10 nitrogen and oxygen atoms in total. The molecule has 1 aliphatic heterocycles. The lowest BCUT2D eigenvalue weighted by Gasteiger charge is -2.08. The van der Waals surface area contributed by atoms with Crippen LogP contribution in [0.15, 0.2) is 21.7 Å². The van der Waals surface area contributed by atoms with Gasteiger partial charge in [-0.05, 0) is 12.5 Å². The molecule has 0 aromatic carbocycles. The highest BCUT2D eigenvalue weighted by molar-refractivity contribution is 5.78. The van der Waals surface area contributed by atoms with Gasteiger partial charge >= 0.3 is 17.9 Å². The molecule has 1 atom stereocenters. The molecule has 1 amide bonds. The Bertz CT molecular complexity index is 625. The Hall–Kier alpha value is -2.91. The summed E-state index contributed by atoms with van der Waals surface area (Å²) in [4.78, 5) is 32.7. The number of esters is 1. The topological polar surface area (TPSA) is 124 Å². The first-order valence-corrected chi connectivity index (χ1v) is 6.91. The number of cyclic esters (lactones) is 1. The van der Waals surface area contributed by atoms with E-state index in [1.54, 1.807) is 0 Å². The quantitative estimate of drug-likeness (QED) is 0.323. The lowest BCUT2D eigenvalue weighted by Crippen LogP contribution is -2.23. The lowest BCUT2D eigenvalue weighted by molar-refractivity contribution is -0.402. The van der Waals surface area contributed by atoms with Crippen LogP contribution < -0.4 is 0 Å². The van der Waals surface area contributed by atoms with Crippen LogP contribution in [0.2, 0.25) is 0 Å². The number of carbonyl (C=O) groups is 2.